The normalized spacial score (nSPS) is 23.0. The molecule has 2 saturated heterocycles. The predicted molar refractivity (Wildman–Crippen MR) is 145 cm³/mol. The first-order valence-electron chi connectivity index (χ1n) is 13.4. The first-order valence-corrected chi connectivity index (χ1v) is 13.8. The molecule has 40 heavy (non-hydrogen) atoms. The average Bonchev–Trinajstić information content (AvgIpc) is 3.45. The maximum absolute atomic E-state index is 14.8. The van der Waals surface area contributed by atoms with Gasteiger partial charge in [0.15, 0.2) is 17.3 Å². The molecular formula is C29H30ClFN4O5. The van der Waals surface area contributed by atoms with E-state index in [1.807, 2.05) is 16.7 Å². The number of carbonyl (C=O) groups is 1. The largest absolute Gasteiger partial charge is 0.478 e. The molecule has 2 atom stereocenters. The zero-order valence-corrected chi connectivity index (χ0v) is 22.8. The van der Waals surface area contributed by atoms with Crippen LogP contribution < -0.4 is 9.47 Å². The number of piperidine rings is 1. The van der Waals surface area contributed by atoms with Gasteiger partial charge in [-0.05, 0) is 68.6 Å². The second-order valence-electron chi connectivity index (χ2n) is 10.5. The standard InChI is InChI=1S/C29H30ClFN4O5/c1-29(22-6-5-19(30)15-23(22)31)39-24-4-2-3-21(28(24)40-29)18-9-12-34(13-10-18)17-26-33-32-25(7-8-27(36)37)35(26)16-20-11-14-38-20/h2-8,15,18,20H,9-14,16-17H2,1H3,(H,36,37)/b8-7+. The summed E-state index contributed by atoms with van der Waals surface area (Å²) in [4.78, 5) is 13.4. The minimum absolute atomic E-state index is 0.0897. The Balaban J connectivity index is 1.14. The van der Waals surface area contributed by atoms with E-state index in [0.717, 1.165) is 56.4 Å². The van der Waals surface area contributed by atoms with Crippen LogP contribution in [0.25, 0.3) is 6.08 Å². The highest BCUT2D eigenvalue weighted by molar-refractivity contribution is 6.30. The zero-order chi connectivity index (χ0) is 27.9. The van der Waals surface area contributed by atoms with Crippen LogP contribution in [0.5, 0.6) is 11.5 Å². The number of carboxylic acid groups (broad SMARTS) is 1. The number of rotatable bonds is 8. The number of halogens is 2. The van der Waals surface area contributed by atoms with E-state index >= 15 is 0 Å². The van der Waals surface area contributed by atoms with Gasteiger partial charge in [0, 0.05) is 30.2 Å². The van der Waals surface area contributed by atoms with Crippen molar-refractivity contribution in [3.8, 4) is 11.5 Å². The van der Waals surface area contributed by atoms with Crippen molar-refractivity contribution in [2.45, 2.75) is 57.1 Å². The van der Waals surface area contributed by atoms with Crippen molar-refractivity contribution in [3.63, 3.8) is 0 Å². The van der Waals surface area contributed by atoms with Crippen molar-refractivity contribution in [2.75, 3.05) is 19.7 Å². The summed E-state index contributed by atoms with van der Waals surface area (Å²) >= 11 is 5.95. The third-order valence-corrected chi connectivity index (χ3v) is 8.07. The van der Waals surface area contributed by atoms with E-state index in [2.05, 4.69) is 21.2 Å². The van der Waals surface area contributed by atoms with E-state index in [0.29, 0.717) is 41.0 Å². The highest BCUT2D eigenvalue weighted by Gasteiger charge is 2.43. The minimum atomic E-state index is -1.28. The summed E-state index contributed by atoms with van der Waals surface area (Å²) in [5.74, 6) is 0.0291. The van der Waals surface area contributed by atoms with Crippen molar-refractivity contribution in [2.24, 2.45) is 0 Å². The van der Waals surface area contributed by atoms with Gasteiger partial charge in [-0.2, -0.15) is 0 Å². The van der Waals surface area contributed by atoms with Gasteiger partial charge in [0.25, 0.3) is 5.79 Å². The molecule has 0 amide bonds. The minimum Gasteiger partial charge on any atom is -0.478 e. The van der Waals surface area contributed by atoms with Crippen molar-refractivity contribution in [3.05, 3.63) is 76.1 Å². The Bertz CT molecular complexity index is 1450. The molecule has 0 radical (unpaired) electrons. The SMILES string of the molecule is CC1(c2ccc(Cl)cc2F)Oc2cccc(C3CCN(Cc4nnc(/C=C/C(=O)O)n4CC4CCO4)CC3)c2O1. The summed E-state index contributed by atoms with van der Waals surface area (Å²) in [6, 6.07) is 10.3. The van der Waals surface area contributed by atoms with Gasteiger partial charge in [0.05, 0.1) is 24.8 Å². The van der Waals surface area contributed by atoms with Crippen molar-refractivity contribution >= 4 is 23.6 Å². The summed E-state index contributed by atoms with van der Waals surface area (Å²) in [5.41, 5.74) is 1.35. The Morgan fingerprint density at radius 2 is 2.00 bits per heavy atom. The molecule has 4 heterocycles. The van der Waals surface area contributed by atoms with Crippen LogP contribution in [0.3, 0.4) is 0 Å². The molecule has 2 aromatic carbocycles. The summed E-state index contributed by atoms with van der Waals surface area (Å²) in [5, 5.41) is 18.0. The van der Waals surface area contributed by atoms with Gasteiger partial charge < -0.3 is 23.9 Å². The maximum atomic E-state index is 14.8. The molecule has 3 aliphatic heterocycles. The van der Waals surface area contributed by atoms with Gasteiger partial charge in [0.1, 0.15) is 11.6 Å². The number of fused-ring (bicyclic) bond motifs is 1. The average molecular weight is 569 g/mol. The first-order chi connectivity index (χ1) is 19.3. The van der Waals surface area contributed by atoms with Crippen molar-refractivity contribution in [1.82, 2.24) is 19.7 Å². The third kappa shape index (κ3) is 5.31. The van der Waals surface area contributed by atoms with Crippen molar-refractivity contribution < 1.29 is 28.5 Å². The summed E-state index contributed by atoms with van der Waals surface area (Å²) in [6.07, 6.45) is 5.41. The van der Waals surface area contributed by atoms with Gasteiger partial charge in [-0.3, -0.25) is 4.90 Å². The van der Waals surface area contributed by atoms with Gasteiger partial charge in [-0.25, -0.2) is 9.18 Å². The Labute approximate surface area is 236 Å². The first kappa shape index (κ1) is 26.7. The molecule has 0 bridgehead atoms. The van der Waals surface area contributed by atoms with Gasteiger partial charge in [-0.15, -0.1) is 10.2 Å². The second kappa shape index (κ2) is 10.8. The number of nitrogens with zero attached hydrogens (tertiary/aromatic N) is 4. The lowest BCUT2D eigenvalue weighted by molar-refractivity contribution is -0.131. The predicted octanol–water partition coefficient (Wildman–Crippen LogP) is 4.98. The molecule has 0 spiro atoms. The van der Waals surface area contributed by atoms with E-state index < -0.39 is 17.6 Å². The van der Waals surface area contributed by atoms with Gasteiger partial charge in [-0.1, -0.05) is 23.7 Å². The zero-order valence-electron chi connectivity index (χ0n) is 22.1. The van der Waals surface area contributed by atoms with Gasteiger partial charge >= 0.3 is 5.97 Å². The van der Waals surface area contributed by atoms with Crippen LogP contribution in [0, 0.1) is 5.82 Å². The summed E-state index contributed by atoms with van der Waals surface area (Å²) in [6.45, 7) is 5.33. The molecule has 9 nitrogen and oxygen atoms in total. The molecule has 11 heteroatoms. The second-order valence-corrected chi connectivity index (χ2v) is 11.0. The molecular weight excluding hydrogens is 539 g/mol. The lowest BCUT2D eigenvalue weighted by atomic mass is 9.88. The van der Waals surface area contributed by atoms with Crippen LogP contribution >= 0.6 is 11.6 Å². The van der Waals surface area contributed by atoms with Crippen LogP contribution in [-0.4, -0.2) is 56.5 Å². The number of hydrogen-bond donors (Lipinski definition) is 1. The molecule has 1 N–H and O–H groups in total. The van der Waals surface area contributed by atoms with Gasteiger partial charge in [0.2, 0.25) is 0 Å². The molecule has 3 aromatic rings. The number of para-hydroxylation sites is 1. The van der Waals surface area contributed by atoms with E-state index in [9.17, 15) is 9.18 Å². The molecule has 210 valence electrons. The van der Waals surface area contributed by atoms with E-state index in [1.54, 1.807) is 19.1 Å². The van der Waals surface area contributed by atoms with E-state index in [-0.39, 0.29) is 12.0 Å². The molecule has 0 aliphatic carbocycles. The number of carboxylic acids is 1. The maximum Gasteiger partial charge on any atom is 0.328 e. The Hall–Kier alpha value is -3.47. The quantitative estimate of drug-likeness (QED) is 0.380. The molecule has 2 fully saturated rings. The lowest BCUT2D eigenvalue weighted by Crippen LogP contribution is -2.35. The number of aromatic nitrogens is 3. The molecule has 6 rings (SSSR count). The number of benzene rings is 2. The van der Waals surface area contributed by atoms with Crippen LogP contribution in [-0.2, 0) is 28.4 Å². The van der Waals surface area contributed by atoms with E-state index in [4.69, 9.17) is 30.9 Å². The summed E-state index contributed by atoms with van der Waals surface area (Å²) in [7, 11) is 0. The summed E-state index contributed by atoms with van der Waals surface area (Å²) < 4.78 is 34.8. The van der Waals surface area contributed by atoms with Crippen LogP contribution in [0.4, 0.5) is 4.39 Å². The fourth-order valence-electron chi connectivity index (χ4n) is 5.61. The van der Waals surface area contributed by atoms with E-state index in [1.165, 1.54) is 12.1 Å². The fourth-order valence-corrected chi connectivity index (χ4v) is 5.76. The molecule has 1 aromatic heterocycles. The Kier molecular flexibility index (Phi) is 7.24. The third-order valence-electron chi connectivity index (χ3n) is 7.83. The molecule has 3 aliphatic rings. The number of ether oxygens (including phenoxy) is 3. The Morgan fingerprint density at radius 1 is 1.20 bits per heavy atom. The number of likely N-dealkylation sites (tertiary alicyclic amines) is 1. The van der Waals surface area contributed by atoms with Crippen LogP contribution in [0.1, 0.15) is 54.9 Å². The smallest absolute Gasteiger partial charge is 0.328 e. The van der Waals surface area contributed by atoms with Crippen molar-refractivity contribution in [1.29, 1.82) is 0 Å². The lowest BCUT2D eigenvalue weighted by Gasteiger charge is -2.33. The molecule has 0 saturated carbocycles. The fraction of sp³-hybridized carbons (Fsp3) is 0.414. The monoisotopic (exact) mass is 568 g/mol. The van der Waals surface area contributed by atoms with Crippen LogP contribution in [0.15, 0.2) is 42.5 Å². The highest BCUT2D eigenvalue weighted by Crippen LogP contribution is 2.49. The topological polar surface area (TPSA) is 98.9 Å². The molecule has 2 unspecified atom stereocenters. The highest BCUT2D eigenvalue weighted by atomic mass is 35.5. The Morgan fingerprint density at radius 3 is 2.70 bits per heavy atom. The number of hydrogen-bond acceptors (Lipinski definition) is 7. The van der Waals surface area contributed by atoms with Crippen LogP contribution in [0.2, 0.25) is 5.02 Å². The number of aliphatic carboxylic acids is 1.